The molecule has 1 atom stereocenters. The molecule has 0 spiro atoms. The molecular weight excluding hydrogens is 270 g/mol. The first kappa shape index (κ1) is 15.0. The fraction of sp³-hybridized carbons (Fsp3) is 0.400. The van der Waals surface area contributed by atoms with E-state index in [1.807, 2.05) is 13.0 Å². The number of carbonyl (C=O) groups excluding carboxylic acids is 2. The minimum Gasteiger partial charge on any atom is -0.380 e. The molecule has 0 saturated carbocycles. The van der Waals surface area contributed by atoms with Gasteiger partial charge in [0.15, 0.2) is 0 Å². The first-order valence-corrected chi connectivity index (χ1v) is 6.75. The van der Waals surface area contributed by atoms with Gasteiger partial charge in [-0.1, -0.05) is 12.1 Å². The summed E-state index contributed by atoms with van der Waals surface area (Å²) in [5.41, 5.74) is 0.0585. The van der Waals surface area contributed by atoms with Gasteiger partial charge in [-0.25, -0.2) is 4.79 Å². The molecule has 0 aliphatic carbocycles. The first-order valence-electron chi connectivity index (χ1n) is 6.75. The van der Waals surface area contributed by atoms with Crippen LogP contribution in [0.15, 0.2) is 24.3 Å². The molecule has 1 aliphatic rings. The van der Waals surface area contributed by atoms with E-state index in [-0.39, 0.29) is 12.5 Å². The van der Waals surface area contributed by atoms with Gasteiger partial charge in [0.05, 0.1) is 24.8 Å². The fourth-order valence-electron chi connectivity index (χ4n) is 2.27. The maximum Gasteiger partial charge on any atom is 0.325 e. The lowest BCUT2D eigenvalue weighted by Gasteiger charge is -2.22. The van der Waals surface area contributed by atoms with Gasteiger partial charge in [0.2, 0.25) is 0 Å². The topological polar surface area (TPSA) is 82.4 Å². The first-order chi connectivity index (χ1) is 10.0. The molecular formula is C15H17N3O3. The van der Waals surface area contributed by atoms with Crippen molar-refractivity contribution in [3.05, 3.63) is 35.4 Å². The van der Waals surface area contributed by atoms with Crippen molar-refractivity contribution in [2.75, 3.05) is 19.8 Å². The zero-order valence-corrected chi connectivity index (χ0v) is 12.0. The SMILES string of the molecule is CCOCCN1C(=O)NC(C)(c2ccc(C#N)cc2)C1=O. The number of carbonyl (C=O) groups is 2. The van der Waals surface area contributed by atoms with Crippen LogP contribution < -0.4 is 5.32 Å². The molecule has 2 rings (SSSR count). The molecule has 1 aliphatic heterocycles. The fourth-order valence-corrected chi connectivity index (χ4v) is 2.27. The molecule has 6 heteroatoms. The predicted octanol–water partition coefficient (Wildman–Crippen LogP) is 1.36. The molecule has 0 radical (unpaired) electrons. The zero-order chi connectivity index (χ0) is 15.5. The van der Waals surface area contributed by atoms with Crippen LogP contribution in [0.2, 0.25) is 0 Å². The van der Waals surface area contributed by atoms with Gasteiger partial charge in [-0.2, -0.15) is 5.26 Å². The van der Waals surface area contributed by atoms with Crippen LogP contribution in [-0.2, 0) is 15.1 Å². The second kappa shape index (κ2) is 5.94. The number of hydrogen-bond donors (Lipinski definition) is 1. The van der Waals surface area contributed by atoms with Crippen molar-refractivity contribution in [2.24, 2.45) is 0 Å². The van der Waals surface area contributed by atoms with Crippen LogP contribution >= 0.6 is 0 Å². The molecule has 21 heavy (non-hydrogen) atoms. The summed E-state index contributed by atoms with van der Waals surface area (Å²) in [6, 6.07) is 8.22. The largest absolute Gasteiger partial charge is 0.380 e. The summed E-state index contributed by atoms with van der Waals surface area (Å²) in [5, 5.41) is 11.5. The number of nitrogens with one attached hydrogen (secondary N) is 1. The number of imide groups is 1. The molecule has 1 unspecified atom stereocenters. The summed E-state index contributed by atoms with van der Waals surface area (Å²) in [5.74, 6) is -0.308. The standard InChI is InChI=1S/C15H17N3O3/c1-3-21-9-8-18-13(19)15(2,17-14(18)20)12-6-4-11(10-16)5-7-12/h4-7H,3,8-9H2,1-2H3,(H,17,20). The third kappa shape index (κ3) is 2.73. The predicted molar refractivity (Wildman–Crippen MR) is 75.2 cm³/mol. The van der Waals surface area contributed by atoms with E-state index in [9.17, 15) is 9.59 Å². The van der Waals surface area contributed by atoms with Crippen molar-refractivity contribution < 1.29 is 14.3 Å². The Morgan fingerprint density at radius 1 is 1.33 bits per heavy atom. The number of nitrogens with zero attached hydrogens (tertiary/aromatic N) is 2. The van der Waals surface area contributed by atoms with Gasteiger partial charge in [-0.05, 0) is 31.5 Å². The van der Waals surface area contributed by atoms with Crippen molar-refractivity contribution >= 4 is 11.9 Å². The molecule has 1 heterocycles. The Labute approximate surface area is 123 Å². The van der Waals surface area contributed by atoms with Gasteiger partial charge in [0, 0.05) is 6.61 Å². The van der Waals surface area contributed by atoms with E-state index >= 15 is 0 Å². The summed E-state index contributed by atoms with van der Waals surface area (Å²) in [6.07, 6.45) is 0. The van der Waals surface area contributed by atoms with E-state index in [2.05, 4.69) is 5.32 Å². The summed E-state index contributed by atoms with van der Waals surface area (Å²) in [7, 11) is 0. The number of urea groups is 1. The van der Waals surface area contributed by atoms with Gasteiger partial charge in [-0.15, -0.1) is 0 Å². The maximum atomic E-state index is 12.5. The third-order valence-corrected chi connectivity index (χ3v) is 3.53. The molecule has 3 amide bonds. The molecule has 0 bridgehead atoms. The molecule has 1 fully saturated rings. The van der Waals surface area contributed by atoms with Crippen molar-refractivity contribution in [3.8, 4) is 6.07 Å². The Kier molecular flexibility index (Phi) is 4.24. The highest BCUT2D eigenvalue weighted by Gasteiger charge is 2.48. The van der Waals surface area contributed by atoms with Crippen molar-refractivity contribution in [1.29, 1.82) is 5.26 Å². The van der Waals surface area contributed by atoms with Crippen LogP contribution in [0.4, 0.5) is 4.79 Å². The minimum absolute atomic E-state index is 0.227. The van der Waals surface area contributed by atoms with E-state index < -0.39 is 11.6 Å². The molecule has 6 nitrogen and oxygen atoms in total. The second-order valence-electron chi connectivity index (χ2n) is 4.90. The Morgan fingerprint density at radius 3 is 2.57 bits per heavy atom. The van der Waals surface area contributed by atoms with E-state index in [1.54, 1.807) is 31.2 Å². The number of rotatable bonds is 5. The second-order valence-corrected chi connectivity index (χ2v) is 4.90. The normalized spacial score (nSPS) is 21.3. The smallest absolute Gasteiger partial charge is 0.325 e. The molecule has 1 aromatic rings. The third-order valence-electron chi connectivity index (χ3n) is 3.53. The van der Waals surface area contributed by atoms with Crippen molar-refractivity contribution in [1.82, 2.24) is 10.2 Å². The summed E-state index contributed by atoms with van der Waals surface area (Å²) in [4.78, 5) is 25.6. The van der Waals surface area contributed by atoms with Crippen LogP contribution in [0.5, 0.6) is 0 Å². The summed E-state index contributed by atoms with van der Waals surface area (Å²) in [6.45, 7) is 4.60. The lowest BCUT2D eigenvalue weighted by Crippen LogP contribution is -2.41. The van der Waals surface area contributed by atoms with Crippen LogP contribution in [0.3, 0.4) is 0 Å². The van der Waals surface area contributed by atoms with Crippen molar-refractivity contribution in [3.63, 3.8) is 0 Å². The van der Waals surface area contributed by atoms with Gasteiger partial charge < -0.3 is 10.1 Å². The van der Waals surface area contributed by atoms with Crippen molar-refractivity contribution in [2.45, 2.75) is 19.4 Å². The van der Waals surface area contributed by atoms with Crippen LogP contribution in [0.25, 0.3) is 0 Å². The Balaban J connectivity index is 2.20. The molecule has 110 valence electrons. The lowest BCUT2D eigenvalue weighted by molar-refractivity contribution is -0.131. The van der Waals surface area contributed by atoms with Gasteiger partial charge in [0.1, 0.15) is 5.54 Å². The van der Waals surface area contributed by atoms with E-state index in [4.69, 9.17) is 10.00 Å². The van der Waals surface area contributed by atoms with Crippen LogP contribution in [-0.4, -0.2) is 36.6 Å². The highest BCUT2D eigenvalue weighted by molar-refractivity contribution is 6.07. The summed E-state index contributed by atoms with van der Waals surface area (Å²) < 4.78 is 5.19. The van der Waals surface area contributed by atoms with Crippen LogP contribution in [0, 0.1) is 11.3 Å². The van der Waals surface area contributed by atoms with E-state index in [1.165, 1.54) is 0 Å². The van der Waals surface area contributed by atoms with Gasteiger partial charge in [0.25, 0.3) is 5.91 Å². The molecule has 1 aromatic carbocycles. The zero-order valence-electron chi connectivity index (χ0n) is 12.0. The number of amides is 3. The Bertz CT molecular complexity index is 591. The number of benzene rings is 1. The van der Waals surface area contributed by atoms with E-state index in [0.717, 1.165) is 4.90 Å². The van der Waals surface area contributed by atoms with E-state index in [0.29, 0.717) is 24.3 Å². The number of nitriles is 1. The monoisotopic (exact) mass is 287 g/mol. The molecule has 0 aromatic heterocycles. The minimum atomic E-state index is -1.10. The summed E-state index contributed by atoms with van der Waals surface area (Å²) >= 11 is 0. The highest BCUT2D eigenvalue weighted by atomic mass is 16.5. The highest BCUT2D eigenvalue weighted by Crippen LogP contribution is 2.28. The Hall–Kier alpha value is -2.39. The van der Waals surface area contributed by atoms with Crippen LogP contribution in [0.1, 0.15) is 25.0 Å². The average Bonchev–Trinajstić information content (AvgIpc) is 2.71. The van der Waals surface area contributed by atoms with Gasteiger partial charge >= 0.3 is 6.03 Å². The Morgan fingerprint density at radius 2 is 2.00 bits per heavy atom. The number of hydrogen-bond acceptors (Lipinski definition) is 4. The maximum absolute atomic E-state index is 12.5. The quantitative estimate of drug-likeness (QED) is 0.655. The van der Waals surface area contributed by atoms with Gasteiger partial charge in [-0.3, -0.25) is 9.69 Å². The average molecular weight is 287 g/mol. The number of ether oxygens (including phenoxy) is 1. The lowest BCUT2D eigenvalue weighted by atomic mass is 9.91. The molecule has 1 N–H and O–H groups in total. The molecule has 1 saturated heterocycles.